The minimum Gasteiger partial charge on any atom is -0.491 e. The summed E-state index contributed by atoms with van der Waals surface area (Å²) in [6.45, 7) is 7.10. The molecule has 0 aromatic heterocycles. The van der Waals surface area contributed by atoms with Gasteiger partial charge in [0.15, 0.2) is 0 Å². The third kappa shape index (κ3) is 11.5. The van der Waals surface area contributed by atoms with Crippen LogP contribution < -0.4 is 10.1 Å². The number of nitrogens with zero attached hydrogens (tertiary/aromatic N) is 1. The lowest BCUT2D eigenvalue weighted by Gasteiger charge is -2.10. The first-order valence-electron chi connectivity index (χ1n) is 7.31. The molecule has 0 saturated carbocycles. The predicted molar refractivity (Wildman–Crippen MR) is 90.8 cm³/mol. The predicted octanol–water partition coefficient (Wildman–Crippen LogP) is 2.35. The zero-order chi connectivity index (χ0) is 14.6. The average molecular weight is 317 g/mol. The normalized spacial score (nSPS) is 10.5. The Balaban J connectivity index is 0.00000400. The number of hydrogen-bond donors (Lipinski definition) is 1. The first-order valence-corrected chi connectivity index (χ1v) is 7.31. The highest BCUT2D eigenvalue weighted by Crippen LogP contribution is 2.11. The van der Waals surface area contributed by atoms with Gasteiger partial charge in [0.25, 0.3) is 0 Å². The average Bonchev–Trinajstić information content (AvgIpc) is 2.40. The summed E-state index contributed by atoms with van der Waals surface area (Å²) < 4.78 is 11.1. The third-order valence-electron chi connectivity index (χ3n) is 2.87. The van der Waals surface area contributed by atoms with Gasteiger partial charge in [0.05, 0.1) is 13.2 Å². The maximum atomic E-state index is 5.61. The molecule has 5 heteroatoms. The molecule has 0 amide bonds. The van der Waals surface area contributed by atoms with E-state index in [1.807, 2.05) is 18.2 Å². The molecule has 0 aliphatic heterocycles. The van der Waals surface area contributed by atoms with Crippen molar-refractivity contribution in [3.05, 3.63) is 29.8 Å². The van der Waals surface area contributed by atoms with Gasteiger partial charge in [0.1, 0.15) is 12.4 Å². The summed E-state index contributed by atoms with van der Waals surface area (Å²) in [6.07, 6.45) is 1.17. The Hall–Kier alpha value is -0.810. The lowest BCUT2D eigenvalue weighted by Crippen LogP contribution is -2.24. The molecule has 1 aromatic carbocycles. The van der Waals surface area contributed by atoms with Crippen molar-refractivity contribution in [1.82, 2.24) is 10.2 Å². The van der Waals surface area contributed by atoms with E-state index in [1.54, 1.807) is 0 Å². The molecule has 1 N–H and O–H groups in total. The van der Waals surface area contributed by atoms with Crippen LogP contribution in [0.3, 0.4) is 0 Å². The lowest BCUT2D eigenvalue weighted by molar-refractivity contribution is 0.102. The van der Waals surface area contributed by atoms with E-state index in [4.69, 9.17) is 9.47 Å². The highest BCUT2D eigenvalue weighted by atomic mass is 35.5. The molecule has 0 fully saturated rings. The highest BCUT2D eigenvalue weighted by molar-refractivity contribution is 5.85. The van der Waals surface area contributed by atoms with Crippen LogP contribution in [0.5, 0.6) is 5.75 Å². The van der Waals surface area contributed by atoms with Crippen LogP contribution in [0.15, 0.2) is 24.3 Å². The number of halogens is 1. The van der Waals surface area contributed by atoms with E-state index in [2.05, 4.69) is 37.3 Å². The molecular formula is C16H29ClN2O2. The summed E-state index contributed by atoms with van der Waals surface area (Å²) in [5.74, 6) is 0.912. The Kier molecular flexibility index (Phi) is 12.4. The fourth-order valence-corrected chi connectivity index (χ4v) is 1.82. The molecule has 1 rings (SSSR count). The number of aryl methyl sites for hydroxylation is 1. The Bertz CT molecular complexity index is 362. The summed E-state index contributed by atoms with van der Waals surface area (Å²) in [6, 6.07) is 8.07. The first-order chi connectivity index (χ1) is 9.68. The standard InChI is InChI=1S/C16H28N2O2.ClH/c1-15-6-4-7-16(14-15)20-13-12-19-11-9-17-8-5-10-18(2)3;/h4,6-7,14,17H,5,8-13H2,1-3H3;1H. The third-order valence-corrected chi connectivity index (χ3v) is 2.87. The minimum absolute atomic E-state index is 0. The van der Waals surface area contributed by atoms with E-state index in [-0.39, 0.29) is 12.4 Å². The van der Waals surface area contributed by atoms with Gasteiger partial charge in [0, 0.05) is 6.54 Å². The van der Waals surface area contributed by atoms with Gasteiger partial charge in [-0.3, -0.25) is 0 Å². The van der Waals surface area contributed by atoms with Gasteiger partial charge in [-0.25, -0.2) is 0 Å². The summed E-state index contributed by atoms with van der Waals surface area (Å²) in [5, 5.41) is 3.36. The van der Waals surface area contributed by atoms with Crippen molar-refractivity contribution in [2.75, 3.05) is 53.6 Å². The fraction of sp³-hybridized carbons (Fsp3) is 0.625. The van der Waals surface area contributed by atoms with Crippen LogP contribution in [0.25, 0.3) is 0 Å². The van der Waals surface area contributed by atoms with Crippen LogP contribution in [0.1, 0.15) is 12.0 Å². The SMILES string of the molecule is Cc1cccc(OCCOCCNCCCN(C)C)c1.Cl. The Morgan fingerprint density at radius 1 is 1.10 bits per heavy atom. The molecule has 0 atom stereocenters. The summed E-state index contributed by atoms with van der Waals surface area (Å²) in [5.41, 5.74) is 1.21. The second-order valence-corrected chi connectivity index (χ2v) is 5.18. The number of hydrogen-bond acceptors (Lipinski definition) is 4. The lowest BCUT2D eigenvalue weighted by atomic mass is 10.2. The van der Waals surface area contributed by atoms with Gasteiger partial charge in [-0.05, 0) is 58.2 Å². The topological polar surface area (TPSA) is 33.7 Å². The van der Waals surface area contributed by atoms with E-state index < -0.39 is 0 Å². The molecule has 0 bridgehead atoms. The highest BCUT2D eigenvalue weighted by Gasteiger charge is 1.95. The molecule has 0 radical (unpaired) electrons. The Morgan fingerprint density at radius 2 is 1.90 bits per heavy atom. The van der Waals surface area contributed by atoms with Gasteiger partial charge in [-0.15, -0.1) is 12.4 Å². The summed E-state index contributed by atoms with van der Waals surface area (Å²) in [4.78, 5) is 2.20. The first kappa shape index (κ1) is 20.2. The molecule has 122 valence electrons. The number of rotatable bonds is 11. The van der Waals surface area contributed by atoms with Gasteiger partial charge >= 0.3 is 0 Å². The van der Waals surface area contributed by atoms with Gasteiger partial charge in [0.2, 0.25) is 0 Å². The fourth-order valence-electron chi connectivity index (χ4n) is 1.82. The molecule has 0 aliphatic rings. The summed E-state index contributed by atoms with van der Waals surface area (Å²) in [7, 11) is 4.19. The van der Waals surface area contributed by atoms with Crippen LogP contribution in [-0.4, -0.2) is 58.5 Å². The zero-order valence-corrected chi connectivity index (χ0v) is 14.2. The van der Waals surface area contributed by atoms with E-state index in [1.165, 1.54) is 12.0 Å². The van der Waals surface area contributed by atoms with Crippen LogP contribution in [0, 0.1) is 6.92 Å². The molecular weight excluding hydrogens is 288 g/mol. The monoisotopic (exact) mass is 316 g/mol. The Morgan fingerprint density at radius 3 is 2.62 bits per heavy atom. The number of nitrogens with one attached hydrogen (secondary N) is 1. The summed E-state index contributed by atoms with van der Waals surface area (Å²) >= 11 is 0. The van der Waals surface area contributed by atoms with E-state index in [9.17, 15) is 0 Å². The van der Waals surface area contributed by atoms with E-state index in [0.29, 0.717) is 13.2 Å². The van der Waals surface area contributed by atoms with E-state index in [0.717, 1.165) is 32.0 Å². The number of ether oxygens (including phenoxy) is 2. The molecule has 0 heterocycles. The largest absolute Gasteiger partial charge is 0.491 e. The van der Waals surface area contributed by atoms with E-state index >= 15 is 0 Å². The quantitative estimate of drug-likeness (QED) is 0.635. The van der Waals surface area contributed by atoms with Crippen LogP contribution in [-0.2, 0) is 4.74 Å². The second-order valence-electron chi connectivity index (χ2n) is 5.18. The molecule has 0 spiro atoms. The molecule has 0 saturated heterocycles. The maximum Gasteiger partial charge on any atom is 0.119 e. The molecule has 21 heavy (non-hydrogen) atoms. The maximum absolute atomic E-state index is 5.61. The smallest absolute Gasteiger partial charge is 0.119 e. The van der Waals surface area contributed by atoms with Crippen LogP contribution in [0.2, 0.25) is 0 Å². The number of benzene rings is 1. The minimum atomic E-state index is 0. The Labute approximate surface area is 135 Å². The van der Waals surface area contributed by atoms with Crippen molar-refractivity contribution < 1.29 is 9.47 Å². The van der Waals surface area contributed by atoms with Gasteiger partial charge < -0.3 is 19.7 Å². The van der Waals surface area contributed by atoms with Gasteiger partial charge in [-0.1, -0.05) is 12.1 Å². The van der Waals surface area contributed by atoms with Crippen molar-refractivity contribution >= 4 is 12.4 Å². The molecule has 0 aliphatic carbocycles. The van der Waals surface area contributed by atoms with Crippen molar-refractivity contribution in [2.45, 2.75) is 13.3 Å². The molecule has 4 nitrogen and oxygen atoms in total. The van der Waals surface area contributed by atoms with Crippen molar-refractivity contribution in [3.8, 4) is 5.75 Å². The van der Waals surface area contributed by atoms with Crippen LogP contribution >= 0.6 is 12.4 Å². The molecule has 1 aromatic rings. The zero-order valence-electron chi connectivity index (χ0n) is 13.4. The van der Waals surface area contributed by atoms with Crippen molar-refractivity contribution in [3.63, 3.8) is 0 Å². The molecule has 0 unspecified atom stereocenters. The van der Waals surface area contributed by atoms with Crippen molar-refractivity contribution in [2.24, 2.45) is 0 Å². The van der Waals surface area contributed by atoms with Crippen molar-refractivity contribution in [1.29, 1.82) is 0 Å². The van der Waals surface area contributed by atoms with Crippen LogP contribution in [0.4, 0.5) is 0 Å². The second kappa shape index (κ2) is 12.9. The van der Waals surface area contributed by atoms with Gasteiger partial charge in [-0.2, -0.15) is 0 Å².